The molecule has 1 aliphatic carbocycles. The molecule has 1 amide bonds. The van der Waals surface area contributed by atoms with E-state index in [1.165, 1.54) is 10.1 Å². The molecule has 1 N–H and O–H groups in total. The lowest BCUT2D eigenvalue weighted by molar-refractivity contribution is -0.121. The number of fused-ring (bicyclic) bond motifs is 2. The molecule has 0 saturated heterocycles. The molecule has 0 unspecified atom stereocenters. The van der Waals surface area contributed by atoms with Crippen molar-refractivity contribution in [3.8, 4) is 11.5 Å². The second-order valence-corrected chi connectivity index (χ2v) is 9.09. The first-order valence-electron chi connectivity index (χ1n) is 11.7. The van der Waals surface area contributed by atoms with Gasteiger partial charge in [0.15, 0.2) is 11.5 Å². The van der Waals surface area contributed by atoms with Gasteiger partial charge in [0.2, 0.25) is 5.91 Å². The number of aromatic nitrogens is 2. The molecule has 172 valence electrons. The Kier molecular flexibility index (Phi) is 5.79. The van der Waals surface area contributed by atoms with Crippen molar-refractivity contribution in [2.24, 2.45) is 0 Å². The van der Waals surface area contributed by atoms with Crippen molar-refractivity contribution in [1.82, 2.24) is 14.9 Å². The number of para-hydroxylation sites is 1. The molecule has 3 aromatic rings. The van der Waals surface area contributed by atoms with Gasteiger partial charge in [0.25, 0.3) is 5.56 Å². The van der Waals surface area contributed by atoms with Gasteiger partial charge in [0, 0.05) is 24.9 Å². The average Bonchev–Trinajstić information content (AvgIpc) is 3.33. The third-order valence-electron chi connectivity index (χ3n) is 6.97. The molecule has 0 radical (unpaired) electrons. The second kappa shape index (κ2) is 8.89. The molecule has 5 rings (SSSR count). The standard InChI is InChI=1S/C26H29N3O4/c1-18-5-4-6-20-24(18)28-17-29(25(20)31)12-9-23(30)27-16-26(10-2-3-11-26)19-7-8-21-22(15-19)33-14-13-32-21/h4-8,15,17H,2-3,9-14,16H2,1H3,(H,27,30). The van der Waals surface area contributed by atoms with Crippen molar-refractivity contribution in [2.45, 2.75) is 51.0 Å². The Bertz CT molecular complexity index is 1240. The quantitative estimate of drug-likeness (QED) is 0.626. The highest BCUT2D eigenvalue weighted by molar-refractivity contribution is 5.80. The molecule has 1 saturated carbocycles. The second-order valence-electron chi connectivity index (χ2n) is 9.09. The van der Waals surface area contributed by atoms with E-state index in [1.807, 2.05) is 25.1 Å². The van der Waals surface area contributed by atoms with Gasteiger partial charge in [0.1, 0.15) is 13.2 Å². The lowest BCUT2D eigenvalue weighted by Gasteiger charge is -2.31. The van der Waals surface area contributed by atoms with Gasteiger partial charge in [-0.3, -0.25) is 14.2 Å². The van der Waals surface area contributed by atoms with Gasteiger partial charge < -0.3 is 14.8 Å². The van der Waals surface area contributed by atoms with Crippen molar-refractivity contribution in [3.05, 3.63) is 64.2 Å². The predicted molar refractivity (Wildman–Crippen MR) is 126 cm³/mol. The van der Waals surface area contributed by atoms with Gasteiger partial charge in [-0.1, -0.05) is 31.0 Å². The van der Waals surface area contributed by atoms with Gasteiger partial charge in [-0.05, 0) is 49.1 Å². The van der Waals surface area contributed by atoms with E-state index in [1.54, 1.807) is 12.4 Å². The number of ether oxygens (including phenoxy) is 2. The average molecular weight is 448 g/mol. The van der Waals surface area contributed by atoms with E-state index in [0.717, 1.165) is 42.7 Å². The van der Waals surface area contributed by atoms with Gasteiger partial charge in [0.05, 0.1) is 17.2 Å². The number of nitrogens with zero attached hydrogens (tertiary/aromatic N) is 2. The van der Waals surface area contributed by atoms with Crippen LogP contribution >= 0.6 is 0 Å². The Morgan fingerprint density at radius 3 is 2.73 bits per heavy atom. The largest absolute Gasteiger partial charge is 0.486 e. The number of amides is 1. The molecule has 0 atom stereocenters. The molecule has 1 fully saturated rings. The van der Waals surface area contributed by atoms with Crippen LogP contribution in [-0.4, -0.2) is 35.2 Å². The van der Waals surface area contributed by atoms with E-state index in [-0.39, 0.29) is 23.3 Å². The Balaban J connectivity index is 1.26. The van der Waals surface area contributed by atoms with E-state index < -0.39 is 0 Å². The van der Waals surface area contributed by atoms with Gasteiger partial charge >= 0.3 is 0 Å². The minimum atomic E-state index is -0.111. The maximum atomic E-state index is 12.8. The highest BCUT2D eigenvalue weighted by Crippen LogP contribution is 2.43. The number of hydrogen-bond donors (Lipinski definition) is 1. The van der Waals surface area contributed by atoms with Crippen molar-refractivity contribution in [3.63, 3.8) is 0 Å². The Hall–Kier alpha value is -3.35. The summed E-state index contributed by atoms with van der Waals surface area (Å²) in [5, 5.41) is 3.72. The number of carbonyl (C=O) groups excluding carboxylic acids is 1. The van der Waals surface area contributed by atoms with Crippen molar-refractivity contribution >= 4 is 16.8 Å². The lowest BCUT2D eigenvalue weighted by Crippen LogP contribution is -2.39. The molecule has 2 aromatic carbocycles. The molecular weight excluding hydrogens is 418 g/mol. The minimum absolute atomic E-state index is 0.0601. The van der Waals surface area contributed by atoms with Crippen molar-refractivity contribution in [1.29, 1.82) is 0 Å². The van der Waals surface area contributed by atoms with E-state index in [9.17, 15) is 9.59 Å². The molecule has 0 bridgehead atoms. The van der Waals surface area contributed by atoms with Gasteiger partial charge in [-0.2, -0.15) is 0 Å². The summed E-state index contributed by atoms with van der Waals surface area (Å²) in [5.41, 5.74) is 2.67. The number of rotatable bonds is 6. The first-order chi connectivity index (χ1) is 16.1. The zero-order chi connectivity index (χ0) is 22.8. The highest BCUT2D eigenvalue weighted by Gasteiger charge is 2.36. The SMILES string of the molecule is Cc1cccc2c(=O)n(CCC(=O)NCC3(c4ccc5c(c4)OCCO5)CCCC3)cnc12. The molecule has 1 aromatic heterocycles. The summed E-state index contributed by atoms with van der Waals surface area (Å²) in [5.74, 6) is 1.51. The van der Waals surface area contributed by atoms with Crippen LogP contribution in [-0.2, 0) is 16.8 Å². The number of benzene rings is 2. The maximum Gasteiger partial charge on any atom is 0.261 e. The number of aryl methyl sites for hydroxylation is 2. The summed E-state index contributed by atoms with van der Waals surface area (Å²) in [7, 11) is 0. The number of nitrogens with one attached hydrogen (secondary N) is 1. The first-order valence-corrected chi connectivity index (χ1v) is 11.7. The first kappa shape index (κ1) is 21.5. The van der Waals surface area contributed by atoms with Crippen LogP contribution in [0.4, 0.5) is 0 Å². The molecular formula is C26H29N3O4. The van der Waals surface area contributed by atoms with Gasteiger partial charge in [-0.15, -0.1) is 0 Å². The fraction of sp³-hybridized carbons (Fsp3) is 0.423. The number of hydrogen-bond acceptors (Lipinski definition) is 5. The topological polar surface area (TPSA) is 82.5 Å². The molecule has 2 heterocycles. The fourth-order valence-electron chi connectivity index (χ4n) is 5.07. The van der Waals surface area contributed by atoms with Crippen molar-refractivity contribution in [2.75, 3.05) is 19.8 Å². The van der Waals surface area contributed by atoms with E-state index in [2.05, 4.69) is 22.4 Å². The summed E-state index contributed by atoms with van der Waals surface area (Å²) in [6, 6.07) is 11.7. The Labute approximate surface area is 192 Å². The van der Waals surface area contributed by atoms with E-state index in [0.29, 0.717) is 37.2 Å². The van der Waals surface area contributed by atoms with Crippen LogP contribution in [0.5, 0.6) is 11.5 Å². The van der Waals surface area contributed by atoms with E-state index >= 15 is 0 Å². The normalized spacial score (nSPS) is 16.6. The summed E-state index contributed by atoms with van der Waals surface area (Å²) in [6.45, 7) is 3.95. The Morgan fingerprint density at radius 2 is 1.91 bits per heavy atom. The lowest BCUT2D eigenvalue weighted by atomic mass is 9.78. The summed E-state index contributed by atoms with van der Waals surface area (Å²) >= 11 is 0. The molecule has 1 aliphatic heterocycles. The van der Waals surface area contributed by atoms with Crippen LogP contribution in [0, 0.1) is 6.92 Å². The van der Waals surface area contributed by atoms with Crippen LogP contribution in [0.3, 0.4) is 0 Å². The summed E-state index contributed by atoms with van der Waals surface area (Å²) in [4.78, 5) is 29.9. The number of carbonyl (C=O) groups is 1. The zero-order valence-electron chi connectivity index (χ0n) is 18.9. The van der Waals surface area contributed by atoms with Crippen LogP contribution in [0.15, 0.2) is 47.5 Å². The van der Waals surface area contributed by atoms with Crippen LogP contribution in [0.2, 0.25) is 0 Å². The van der Waals surface area contributed by atoms with Crippen LogP contribution < -0.4 is 20.3 Å². The van der Waals surface area contributed by atoms with Crippen LogP contribution in [0.1, 0.15) is 43.2 Å². The predicted octanol–water partition coefficient (Wildman–Crippen LogP) is 3.49. The summed E-state index contributed by atoms with van der Waals surface area (Å²) < 4.78 is 13.0. The third kappa shape index (κ3) is 4.19. The maximum absolute atomic E-state index is 12.8. The third-order valence-corrected chi connectivity index (χ3v) is 6.97. The molecule has 2 aliphatic rings. The Morgan fingerprint density at radius 1 is 1.12 bits per heavy atom. The minimum Gasteiger partial charge on any atom is -0.486 e. The highest BCUT2D eigenvalue weighted by atomic mass is 16.6. The molecule has 33 heavy (non-hydrogen) atoms. The monoisotopic (exact) mass is 447 g/mol. The zero-order valence-corrected chi connectivity index (χ0v) is 18.9. The molecule has 7 nitrogen and oxygen atoms in total. The van der Waals surface area contributed by atoms with E-state index in [4.69, 9.17) is 9.47 Å². The molecule has 7 heteroatoms. The van der Waals surface area contributed by atoms with Crippen LogP contribution in [0.25, 0.3) is 10.9 Å². The van der Waals surface area contributed by atoms with Gasteiger partial charge in [-0.25, -0.2) is 4.98 Å². The molecule has 0 spiro atoms. The smallest absolute Gasteiger partial charge is 0.261 e. The van der Waals surface area contributed by atoms with Crippen molar-refractivity contribution < 1.29 is 14.3 Å². The summed E-state index contributed by atoms with van der Waals surface area (Å²) in [6.07, 6.45) is 6.11. The fourth-order valence-corrected chi connectivity index (χ4v) is 5.07.